The van der Waals surface area contributed by atoms with E-state index >= 15 is 0 Å². The van der Waals surface area contributed by atoms with E-state index in [1.54, 1.807) is 4.90 Å². The topological polar surface area (TPSA) is 84.4 Å². The molecule has 1 fully saturated rings. The molecule has 0 radical (unpaired) electrons. The highest BCUT2D eigenvalue weighted by atomic mass is 35.5. The fourth-order valence-electron chi connectivity index (χ4n) is 2.75. The number of nitrogens with one attached hydrogen (secondary N) is 1. The first-order valence-corrected chi connectivity index (χ1v) is 8.73. The Labute approximate surface area is 156 Å². The number of carbonyl (C=O) groups is 2. The second-order valence-corrected chi connectivity index (χ2v) is 6.36. The molecule has 2 aromatic rings. The number of amides is 2. The number of carbonyl (C=O) groups excluding carboxylic acids is 2. The van der Waals surface area contributed by atoms with E-state index in [-0.39, 0.29) is 29.5 Å². The molecular formula is C18H19ClN4O3. The predicted octanol–water partition coefficient (Wildman–Crippen LogP) is 2.39. The molecule has 26 heavy (non-hydrogen) atoms. The minimum atomic E-state index is -0.161. The lowest BCUT2D eigenvalue weighted by Gasteiger charge is -2.31. The highest BCUT2D eigenvalue weighted by Crippen LogP contribution is 2.19. The Bertz CT molecular complexity index is 747. The van der Waals surface area contributed by atoms with E-state index in [0.717, 1.165) is 0 Å². The summed E-state index contributed by atoms with van der Waals surface area (Å²) in [5.41, 5.74) is 0. The van der Waals surface area contributed by atoms with E-state index in [4.69, 9.17) is 16.3 Å². The van der Waals surface area contributed by atoms with E-state index in [9.17, 15) is 9.59 Å². The van der Waals surface area contributed by atoms with Gasteiger partial charge in [0.2, 0.25) is 5.91 Å². The van der Waals surface area contributed by atoms with Gasteiger partial charge in [-0.2, -0.15) is 0 Å². The summed E-state index contributed by atoms with van der Waals surface area (Å²) in [5, 5.41) is 3.00. The lowest BCUT2D eigenvalue weighted by Crippen LogP contribution is -2.43. The summed E-state index contributed by atoms with van der Waals surface area (Å²) in [5.74, 6) is 0.686. The number of halogens is 1. The van der Waals surface area contributed by atoms with Crippen molar-refractivity contribution in [3.05, 3.63) is 47.9 Å². The maximum atomic E-state index is 12.3. The zero-order valence-corrected chi connectivity index (χ0v) is 14.9. The first-order chi connectivity index (χ1) is 12.6. The van der Waals surface area contributed by atoms with Crippen molar-refractivity contribution in [3.8, 4) is 5.75 Å². The lowest BCUT2D eigenvalue weighted by molar-refractivity contribution is -0.136. The molecule has 0 aliphatic carbocycles. The predicted molar refractivity (Wildman–Crippen MR) is 96.9 cm³/mol. The molecule has 136 valence electrons. The number of ether oxygens (including phenoxy) is 1. The molecule has 0 saturated carbocycles. The van der Waals surface area contributed by atoms with Crippen LogP contribution in [0.15, 0.2) is 42.7 Å². The normalized spacial score (nSPS) is 14.7. The minimum Gasteiger partial charge on any atom is -0.484 e. The molecule has 7 nitrogen and oxygen atoms in total. The van der Waals surface area contributed by atoms with Crippen molar-refractivity contribution in [2.75, 3.05) is 25.0 Å². The molecule has 3 rings (SSSR count). The van der Waals surface area contributed by atoms with Gasteiger partial charge in [0.05, 0.1) is 12.4 Å². The smallest absolute Gasteiger partial charge is 0.260 e. The summed E-state index contributed by atoms with van der Waals surface area (Å²) in [6.45, 7) is 1.06. The zero-order valence-electron chi connectivity index (χ0n) is 14.1. The Hall–Kier alpha value is -2.67. The average Bonchev–Trinajstić information content (AvgIpc) is 2.69. The van der Waals surface area contributed by atoms with Gasteiger partial charge in [-0.05, 0) is 25.0 Å². The van der Waals surface area contributed by atoms with Gasteiger partial charge in [0.15, 0.2) is 12.4 Å². The number of likely N-dealkylation sites (tertiary alicyclic amines) is 1. The monoisotopic (exact) mass is 374 g/mol. The molecule has 0 atom stereocenters. The summed E-state index contributed by atoms with van der Waals surface area (Å²) < 4.78 is 5.49. The van der Waals surface area contributed by atoms with Gasteiger partial charge in [0, 0.05) is 19.0 Å². The standard InChI is InChI=1S/C18H19ClN4O3/c19-15-10-21-16(11-20-15)22-18(25)13-6-8-23(9-7-13)17(24)12-26-14-4-2-1-3-5-14/h1-5,10-11,13H,6-9,12H2,(H,21,22,25). The van der Waals surface area contributed by atoms with Crippen molar-refractivity contribution in [1.82, 2.24) is 14.9 Å². The Morgan fingerprint density at radius 1 is 1.15 bits per heavy atom. The molecule has 1 aromatic heterocycles. The van der Waals surface area contributed by atoms with Crippen LogP contribution < -0.4 is 10.1 Å². The maximum absolute atomic E-state index is 12.3. The van der Waals surface area contributed by atoms with Crippen molar-refractivity contribution in [2.45, 2.75) is 12.8 Å². The van der Waals surface area contributed by atoms with Gasteiger partial charge in [-0.1, -0.05) is 29.8 Å². The van der Waals surface area contributed by atoms with Gasteiger partial charge in [-0.15, -0.1) is 0 Å². The first kappa shape index (κ1) is 18.1. The molecule has 1 aromatic carbocycles. The fraction of sp³-hybridized carbons (Fsp3) is 0.333. The Morgan fingerprint density at radius 3 is 2.54 bits per heavy atom. The minimum absolute atomic E-state index is 0.00123. The fourth-order valence-corrected chi connectivity index (χ4v) is 2.85. The van der Waals surface area contributed by atoms with Crippen molar-refractivity contribution in [3.63, 3.8) is 0 Å². The number of piperidine rings is 1. The van der Waals surface area contributed by atoms with Crippen LogP contribution in [0.25, 0.3) is 0 Å². The Kier molecular flexibility index (Phi) is 6.01. The third-order valence-electron chi connectivity index (χ3n) is 4.20. The number of hydrogen-bond acceptors (Lipinski definition) is 5. The summed E-state index contributed by atoms with van der Waals surface area (Å²) in [6, 6.07) is 9.22. The molecule has 1 aliphatic rings. The van der Waals surface area contributed by atoms with Crippen LogP contribution in [0, 0.1) is 5.92 Å². The second kappa shape index (κ2) is 8.62. The zero-order chi connectivity index (χ0) is 18.4. The average molecular weight is 375 g/mol. The molecule has 2 heterocycles. The van der Waals surface area contributed by atoms with Crippen LogP contribution in [0.4, 0.5) is 5.82 Å². The molecule has 2 amide bonds. The van der Waals surface area contributed by atoms with Crippen LogP contribution >= 0.6 is 11.6 Å². The third kappa shape index (κ3) is 4.92. The Balaban J connectivity index is 1.43. The van der Waals surface area contributed by atoms with Crippen LogP contribution in [0.1, 0.15) is 12.8 Å². The van der Waals surface area contributed by atoms with Gasteiger partial charge < -0.3 is 15.0 Å². The summed E-state index contributed by atoms with van der Waals surface area (Å²) >= 11 is 5.67. The second-order valence-electron chi connectivity index (χ2n) is 5.97. The summed E-state index contributed by atoms with van der Waals surface area (Å²) in [6.07, 6.45) is 4.00. The van der Waals surface area contributed by atoms with Crippen LogP contribution in [0.2, 0.25) is 5.15 Å². The molecule has 0 spiro atoms. The number of hydrogen-bond donors (Lipinski definition) is 1. The van der Waals surface area contributed by atoms with Crippen LogP contribution in [-0.2, 0) is 9.59 Å². The van der Waals surface area contributed by atoms with Crippen molar-refractivity contribution < 1.29 is 14.3 Å². The number of para-hydroxylation sites is 1. The number of rotatable bonds is 5. The van der Waals surface area contributed by atoms with Gasteiger partial charge in [0.1, 0.15) is 10.9 Å². The van der Waals surface area contributed by atoms with E-state index in [1.807, 2.05) is 30.3 Å². The SMILES string of the molecule is O=C(Nc1cnc(Cl)cn1)C1CCN(C(=O)COc2ccccc2)CC1. The molecule has 1 aliphatic heterocycles. The quantitative estimate of drug-likeness (QED) is 0.868. The van der Waals surface area contributed by atoms with E-state index in [1.165, 1.54) is 12.4 Å². The van der Waals surface area contributed by atoms with Crippen molar-refractivity contribution in [2.24, 2.45) is 5.92 Å². The maximum Gasteiger partial charge on any atom is 0.260 e. The third-order valence-corrected chi connectivity index (χ3v) is 4.39. The number of aromatic nitrogens is 2. The van der Waals surface area contributed by atoms with E-state index in [0.29, 0.717) is 37.5 Å². The number of nitrogens with zero attached hydrogens (tertiary/aromatic N) is 3. The Morgan fingerprint density at radius 2 is 1.88 bits per heavy atom. The van der Waals surface area contributed by atoms with Gasteiger partial charge in [0.25, 0.3) is 5.91 Å². The molecule has 0 unspecified atom stereocenters. The van der Waals surface area contributed by atoms with Crippen molar-refractivity contribution >= 4 is 29.2 Å². The molecular weight excluding hydrogens is 356 g/mol. The molecule has 1 N–H and O–H groups in total. The number of benzene rings is 1. The molecule has 1 saturated heterocycles. The van der Waals surface area contributed by atoms with E-state index < -0.39 is 0 Å². The van der Waals surface area contributed by atoms with E-state index in [2.05, 4.69) is 15.3 Å². The summed E-state index contributed by atoms with van der Waals surface area (Å²) in [7, 11) is 0. The van der Waals surface area contributed by atoms with Crippen LogP contribution in [0.3, 0.4) is 0 Å². The van der Waals surface area contributed by atoms with Gasteiger partial charge in [-0.3, -0.25) is 9.59 Å². The highest BCUT2D eigenvalue weighted by molar-refractivity contribution is 6.29. The molecule has 0 bridgehead atoms. The first-order valence-electron chi connectivity index (χ1n) is 8.36. The lowest BCUT2D eigenvalue weighted by atomic mass is 9.96. The van der Waals surface area contributed by atoms with Gasteiger partial charge in [-0.25, -0.2) is 9.97 Å². The van der Waals surface area contributed by atoms with Gasteiger partial charge >= 0.3 is 0 Å². The van der Waals surface area contributed by atoms with Crippen molar-refractivity contribution in [1.29, 1.82) is 0 Å². The summed E-state index contributed by atoms with van der Waals surface area (Å²) in [4.78, 5) is 34.2. The molecule has 8 heteroatoms. The number of anilines is 1. The largest absolute Gasteiger partial charge is 0.484 e. The van der Waals surface area contributed by atoms with Crippen LogP contribution in [-0.4, -0.2) is 46.4 Å². The van der Waals surface area contributed by atoms with Crippen LogP contribution in [0.5, 0.6) is 5.75 Å². The highest BCUT2D eigenvalue weighted by Gasteiger charge is 2.27.